The van der Waals surface area contributed by atoms with E-state index in [1.807, 2.05) is 54.6 Å². The molecule has 0 aromatic heterocycles. The summed E-state index contributed by atoms with van der Waals surface area (Å²) in [7, 11) is 0. The fraction of sp³-hybridized carbons (Fsp3) is 0.350. The molecule has 1 heterocycles. The van der Waals surface area contributed by atoms with E-state index >= 15 is 0 Å². The van der Waals surface area contributed by atoms with Gasteiger partial charge < -0.3 is 14.8 Å². The van der Waals surface area contributed by atoms with Crippen LogP contribution in [0.5, 0.6) is 11.5 Å². The summed E-state index contributed by atoms with van der Waals surface area (Å²) in [6, 6.07) is 17.4. The van der Waals surface area contributed by atoms with Crippen molar-refractivity contribution in [2.75, 3.05) is 6.61 Å². The van der Waals surface area contributed by atoms with Gasteiger partial charge >= 0.3 is 0 Å². The second-order valence-electron chi connectivity index (χ2n) is 6.47. The molecule has 2 atom stereocenters. The van der Waals surface area contributed by atoms with Crippen molar-refractivity contribution >= 4 is 5.91 Å². The molecule has 0 unspecified atom stereocenters. The Morgan fingerprint density at radius 1 is 1.08 bits per heavy atom. The maximum Gasteiger partial charge on any atom is 0.265 e. The fourth-order valence-corrected chi connectivity index (χ4v) is 2.85. The fourth-order valence-electron chi connectivity index (χ4n) is 2.85. The summed E-state index contributed by atoms with van der Waals surface area (Å²) in [6.07, 6.45) is 0.248. The first-order valence-electron chi connectivity index (χ1n) is 8.37. The average molecular weight is 325 g/mol. The summed E-state index contributed by atoms with van der Waals surface area (Å²) < 4.78 is 11.4. The normalized spacial score (nSPS) is 17.4. The molecule has 1 aliphatic rings. The van der Waals surface area contributed by atoms with Gasteiger partial charge in [-0.05, 0) is 30.0 Å². The number of fused-ring (bicyclic) bond motifs is 1. The first-order valence-corrected chi connectivity index (χ1v) is 8.37. The molecule has 126 valence electrons. The Bertz CT molecular complexity index is 684. The van der Waals surface area contributed by atoms with Gasteiger partial charge in [-0.1, -0.05) is 56.3 Å². The highest BCUT2D eigenvalue weighted by atomic mass is 16.6. The van der Waals surface area contributed by atoms with Crippen LogP contribution in [0.15, 0.2) is 54.6 Å². The van der Waals surface area contributed by atoms with Crippen molar-refractivity contribution < 1.29 is 14.3 Å². The molecule has 4 nitrogen and oxygen atoms in total. The van der Waals surface area contributed by atoms with Crippen LogP contribution in [0.2, 0.25) is 0 Å². The third-order valence-electron chi connectivity index (χ3n) is 4.03. The highest BCUT2D eigenvalue weighted by molar-refractivity contribution is 5.82. The van der Waals surface area contributed by atoms with E-state index in [1.54, 1.807) is 0 Å². The van der Waals surface area contributed by atoms with Gasteiger partial charge in [0.15, 0.2) is 11.5 Å². The monoisotopic (exact) mass is 325 g/mol. The van der Waals surface area contributed by atoms with Crippen LogP contribution in [0.3, 0.4) is 0 Å². The van der Waals surface area contributed by atoms with Gasteiger partial charge in [-0.15, -0.1) is 0 Å². The molecule has 0 saturated carbocycles. The number of carbonyl (C=O) groups is 1. The molecule has 3 rings (SSSR count). The van der Waals surface area contributed by atoms with E-state index in [-0.39, 0.29) is 18.6 Å². The van der Waals surface area contributed by atoms with Crippen LogP contribution in [0.1, 0.15) is 31.9 Å². The topological polar surface area (TPSA) is 47.6 Å². The largest absolute Gasteiger partial charge is 0.485 e. The second-order valence-corrected chi connectivity index (χ2v) is 6.47. The lowest BCUT2D eigenvalue weighted by molar-refractivity contribution is -0.131. The van der Waals surface area contributed by atoms with Crippen molar-refractivity contribution in [2.45, 2.75) is 32.4 Å². The summed E-state index contributed by atoms with van der Waals surface area (Å²) >= 11 is 0. The van der Waals surface area contributed by atoms with E-state index in [4.69, 9.17) is 9.47 Å². The zero-order valence-corrected chi connectivity index (χ0v) is 14.1. The maximum absolute atomic E-state index is 12.7. The summed E-state index contributed by atoms with van der Waals surface area (Å²) in [4.78, 5) is 12.7. The number of amides is 1. The highest BCUT2D eigenvalue weighted by Crippen LogP contribution is 2.31. The maximum atomic E-state index is 12.7. The quantitative estimate of drug-likeness (QED) is 0.911. The van der Waals surface area contributed by atoms with Gasteiger partial charge in [-0.25, -0.2) is 0 Å². The van der Waals surface area contributed by atoms with E-state index in [0.29, 0.717) is 17.4 Å². The van der Waals surface area contributed by atoms with Crippen molar-refractivity contribution in [3.05, 3.63) is 60.2 Å². The number of rotatable bonds is 5. The first kappa shape index (κ1) is 16.4. The predicted octanol–water partition coefficient (Wildman–Crippen LogP) is 3.73. The van der Waals surface area contributed by atoms with Crippen LogP contribution in [0, 0.1) is 5.92 Å². The number of hydrogen-bond donors (Lipinski definition) is 1. The van der Waals surface area contributed by atoms with Gasteiger partial charge in [0.1, 0.15) is 6.61 Å². The molecule has 2 aromatic carbocycles. The van der Waals surface area contributed by atoms with Crippen LogP contribution in [0.25, 0.3) is 0 Å². The number of ether oxygens (including phenoxy) is 2. The van der Waals surface area contributed by atoms with Gasteiger partial charge in [0, 0.05) is 0 Å². The van der Waals surface area contributed by atoms with Crippen LogP contribution >= 0.6 is 0 Å². The molecule has 0 spiro atoms. The van der Waals surface area contributed by atoms with Crippen LogP contribution in [-0.2, 0) is 4.79 Å². The first-order chi connectivity index (χ1) is 11.6. The Morgan fingerprint density at radius 2 is 1.75 bits per heavy atom. The van der Waals surface area contributed by atoms with E-state index in [2.05, 4.69) is 19.2 Å². The molecule has 0 saturated heterocycles. The lowest BCUT2D eigenvalue weighted by Gasteiger charge is -2.28. The van der Waals surface area contributed by atoms with Crippen molar-refractivity contribution in [3.8, 4) is 11.5 Å². The van der Waals surface area contributed by atoms with E-state index in [0.717, 1.165) is 12.0 Å². The smallest absolute Gasteiger partial charge is 0.265 e. The molecule has 1 aliphatic heterocycles. The van der Waals surface area contributed by atoms with Crippen LogP contribution < -0.4 is 14.8 Å². The molecule has 0 aliphatic carbocycles. The SMILES string of the molecule is CC(C)C[C@H](NC(=O)[C@H]1COc2ccccc2O1)c1ccccc1. The van der Waals surface area contributed by atoms with Crippen molar-refractivity contribution in [1.82, 2.24) is 5.32 Å². The number of hydrogen-bond acceptors (Lipinski definition) is 3. The molecule has 1 amide bonds. The number of para-hydroxylation sites is 2. The van der Waals surface area contributed by atoms with Crippen molar-refractivity contribution in [3.63, 3.8) is 0 Å². The molecule has 0 fully saturated rings. The lowest BCUT2D eigenvalue weighted by atomic mass is 9.97. The highest BCUT2D eigenvalue weighted by Gasteiger charge is 2.29. The Kier molecular flexibility index (Phi) is 5.04. The summed E-state index contributed by atoms with van der Waals surface area (Å²) in [5, 5.41) is 3.12. The van der Waals surface area contributed by atoms with Crippen LogP contribution in [-0.4, -0.2) is 18.6 Å². The third kappa shape index (κ3) is 3.88. The van der Waals surface area contributed by atoms with E-state index in [1.165, 1.54) is 0 Å². The van der Waals surface area contributed by atoms with E-state index < -0.39 is 6.10 Å². The molecule has 2 aromatic rings. The molecule has 0 bridgehead atoms. The minimum Gasteiger partial charge on any atom is -0.485 e. The molecule has 1 N–H and O–H groups in total. The Labute approximate surface area is 142 Å². The number of nitrogens with one attached hydrogen (secondary N) is 1. The summed E-state index contributed by atoms with van der Waals surface area (Å²) in [5.74, 6) is 1.63. The van der Waals surface area contributed by atoms with Crippen molar-refractivity contribution in [2.24, 2.45) is 5.92 Å². The second kappa shape index (κ2) is 7.39. The minimum absolute atomic E-state index is 0.0283. The molecular weight excluding hydrogens is 302 g/mol. The predicted molar refractivity (Wildman–Crippen MR) is 93.1 cm³/mol. The van der Waals surface area contributed by atoms with Gasteiger partial charge in [0.25, 0.3) is 5.91 Å². The lowest BCUT2D eigenvalue weighted by Crippen LogP contribution is -2.45. The number of benzene rings is 2. The Balaban J connectivity index is 1.70. The van der Waals surface area contributed by atoms with E-state index in [9.17, 15) is 4.79 Å². The zero-order valence-electron chi connectivity index (χ0n) is 14.1. The Hall–Kier alpha value is -2.49. The molecule has 0 radical (unpaired) electrons. The molecule has 24 heavy (non-hydrogen) atoms. The van der Waals surface area contributed by atoms with Gasteiger partial charge in [0.05, 0.1) is 6.04 Å². The minimum atomic E-state index is -0.627. The zero-order chi connectivity index (χ0) is 16.9. The van der Waals surface area contributed by atoms with Crippen LogP contribution in [0.4, 0.5) is 0 Å². The van der Waals surface area contributed by atoms with Gasteiger partial charge in [0.2, 0.25) is 6.10 Å². The van der Waals surface area contributed by atoms with Gasteiger partial charge in [-0.3, -0.25) is 4.79 Å². The molecule has 4 heteroatoms. The van der Waals surface area contributed by atoms with Gasteiger partial charge in [-0.2, -0.15) is 0 Å². The standard InChI is InChI=1S/C20H23NO3/c1-14(2)12-16(15-8-4-3-5-9-15)21-20(22)19-13-23-17-10-6-7-11-18(17)24-19/h3-11,14,16,19H,12-13H2,1-2H3,(H,21,22)/t16-,19+/m0/s1. The summed E-state index contributed by atoms with van der Waals surface area (Å²) in [6.45, 7) is 4.53. The Morgan fingerprint density at radius 3 is 2.46 bits per heavy atom. The molecular formula is C20H23NO3. The number of carbonyl (C=O) groups excluding carboxylic acids is 1. The average Bonchev–Trinajstić information content (AvgIpc) is 2.61. The summed E-state index contributed by atoms with van der Waals surface area (Å²) in [5.41, 5.74) is 1.11. The third-order valence-corrected chi connectivity index (χ3v) is 4.03. The van der Waals surface area contributed by atoms with Crippen molar-refractivity contribution in [1.29, 1.82) is 0 Å².